The predicted octanol–water partition coefficient (Wildman–Crippen LogP) is 1.43. The summed E-state index contributed by atoms with van der Waals surface area (Å²) >= 11 is 0. The van der Waals surface area contributed by atoms with Crippen molar-refractivity contribution in [2.45, 2.75) is 51.0 Å². The summed E-state index contributed by atoms with van der Waals surface area (Å²) in [6.45, 7) is 3.08. The van der Waals surface area contributed by atoms with Crippen molar-refractivity contribution >= 4 is 17.8 Å². The zero-order valence-electron chi connectivity index (χ0n) is 20.8. The number of amides is 2. The van der Waals surface area contributed by atoms with Gasteiger partial charge in [-0.15, -0.1) is 0 Å². The molecule has 1 saturated heterocycles. The molecule has 0 bridgehead atoms. The molecule has 2 aromatic rings. The highest BCUT2D eigenvalue weighted by Gasteiger charge is 2.27. The van der Waals surface area contributed by atoms with Gasteiger partial charge in [0.2, 0.25) is 11.8 Å². The number of ether oxygens (including phenoxy) is 2. The molecule has 9 nitrogen and oxygen atoms in total. The minimum Gasteiger partial charge on any atom is -0.497 e. The number of hydrogen-bond donors (Lipinski definition) is 3. The Bertz CT molecular complexity index is 990. The third-order valence-corrected chi connectivity index (χ3v) is 6.12. The number of esters is 1. The van der Waals surface area contributed by atoms with E-state index in [2.05, 4.69) is 10.6 Å². The molecule has 0 aromatic heterocycles. The highest BCUT2D eigenvalue weighted by Crippen LogP contribution is 2.14. The van der Waals surface area contributed by atoms with E-state index < -0.39 is 24.0 Å². The molecule has 2 amide bonds. The summed E-state index contributed by atoms with van der Waals surface area (Å²) in [5, 5.41) is 15.1. The standard InChI is InChI=1S/C27H35N3O6/c1-19(28-25(32)17-30-14-12-22(31)13-15-30)26(33)29-24(16-20-8-10-23(35-2)11-9-20)27(34)36-18-21-6-4-3-5-7-21/h3-11,19,22,24,31H,12-18H2,1-2H3,(H,28,32)(H,29,33)/t19-,24-/m0/s1. The van der Waals surface area contributed by atoms with Crippen molar-refractivity contribution in [3.8, 4) is 5.75 Å². The van der Waals surface area contributed by atoms with Crippen LogP contribution in [0.15, 0.2) is 54.6 Å². The van der Waals surface area contributed by atoms with Gasteiger partial charge in [-0.05, 0) is 43.0 Å². The molecule has 0 aliphatic carbocycles. The largest absolute Gasteiger partial charge is 0.497 e. The number of carbonyl (C=O) groups excluding carboxylic acids is 3. The smallest absolute Gasteiger partial charge is 0.329 e. The first-order valence-electron chi connectivity index (χ1n) is 12.2. The van der Waals surface area contributed by atoms with Gasteiger partial charge in [-0.3, -0.25) is 14.5 Å². The number of rotatable bonds is 11. The van der Waals surface area contributed by atoms with E-state index in [1.54, 1.807) is 26.2 Å². The van der Waals surface area contributed by atoms with Crippen molar-refractivity contribution in [1.82, 2.24) is 15.5 Å². The van der Waals surface area contributed by atoms with Gasteiger partial charge in [0.25, 0.3) is 0 Å². The molecule has 0 unspecified atom stereocenters. The van der Waals surface area contributed by atoms with Crippen LogP contribution in [0, 0.1) is 0 Å². The van der Waals surface area contributed by atoms with E-state index in [1.165, 1.54) is 0 Å². The monoisotopic (exact) mass is 497 g/mol. The molecule has 1 fully saturated rings. The predicted molar refractivity (Wildman–Crippen MR) is 134 cm³/mol. The van der Waals surface area contributed by atoms with E-state index in [0.717, 1.165) is 11.1 Å². The van der Waals surface area contributed by atoms with E-state index in [1.807, 2.05) is 47.4 Å². The molecule has 36 heavy (non-hydrogen) atoms. The molecular weight excluding hydrogens is 462 g/mol. The van der Waals surface area contributed by atoms with Gasteiger partial charge in [0.05, 0.1) is 19.8 Å². The van der Waals surface area contributed by atoms with Crippen molar-refractivity contribution in [3.05, 3.63) is 65.7 Å². The van der Waals surface area contributed by atoms with Gasteiger partial charge in [-0.2, -0.15) is 0 Å². The summed E-state index contributed by atoms with van der Waals surface area (Å²) in [7, 11) is 1.57. The van der Waals surface area contributed by atoms with E-state index in [4.69, 9.17) is 9.47 Å². The Labute approximate surface area is 211 Å². The minimum absolute atomic E-state index is 0.0888. The molecule has 9 heteroatoms. The van der Waals surface area contributed by atoms with Crippen molar-refractivity contribution in [1.29, 1.82) is 0 Å². The number of hydrogen-bond acceptors (Lipinski definition) is 7. The Morgan fingerprint density at radius 2 is 1.67 bits per heavy atom. The van der Waals surface area contributed by atoms with E-state index in [-0.39, 0.29) is 31.6 Å². The number of aliphatic hydroxyl groups is 1. The number of likely N-dealkylation sites (tertiary alicyclic amines) is 1. The highest BCUT2D eigenvalue weighted by atomic mass is 16.5. The maximum atomic E-state index is 12.9. The second kappa shape index (κ2) is 13.6. The SMILES string of the molecule is COc1ccc(C[C@H](NC(=O)[C@H](C)NC(=O)CN2CCC(O)CC2)C(=O)OCc2ccccc2)cc1. The maximum Gasteiger partial charge on any atom is 0.329 e. The van der Waals surface area contributed by atoms with Gasteiger partial charge >= 0.3 is 5.97 Å². The van der Waals surface area contributed by atoms with Gasteiger partial charge in [0, 0.05) is 19.5 Å². The summed E-state index contributed by atoms with van der Waals surface area (Å²) in [5.41, 5.74) is 1.66. The molecule has 1 aliphatic rings. The van der Waals surface area contributed by atoms with E-state index in [0.29, 0.717) is 31.7 Å². The first-order chi connectivity index (χ1) is 17.3. The molecule has 1 aliphatic heterocycles. The Morgan fingerprint density at radius 1 is 1.00 bits per heavy atom. The molecule has 2 atom stereocenters. The fourth-order valence-electron chi connectivity index (χ4n) is 3.95. The van der Waals surface area contributed by atoms with Crippen molar-refractivity contribution in [3.63, 3.8) is 0 Å². The van der Waals surface area contributed by atoms with Crippen LogP contribution < -0.4 is 15.4 Å². The van der Waals surface area contributed by atoms with Crippen LogP contribution >= 0.6 is 0 Å². The lowest BCUT2D eigenvalue weighted by Crippen LogP contribution is -2.53. The molecule has 0 saturated carbocycles. The summed E-state index contributed by atoms with van der Waals surface area (Å²) in [6, 6.07) is 14.7. The molecule has 1 heterocycles. The van der Waals surface area contributed by atoms with Crippen molar-refractivity contribution < 1.29 is 29.0 Å². The topological polar surface area (TPSA) is 117 Å². The first kappa shape index (κ1) is 27.2. The summed E-state index contributed by atoms with van der Waals surface area (Å²) in [6.07, 6.45) is 1.15. The molecule has 194 valence electrons. The van der Waals surface area contributed by atoms with Gasteiger partial charge in [0.1, 0.15) is 24.4 Å². The second-order valence-electron chi connectivity index (χ2n) is 9.00. The Kier molecular flexibility index (Phi) is 10.3. The van der Waals surface area contributed by atoms with Crippen LogP contribution in [0.4, 0.5) is 0 Å². The summed E-state index contributed by atoms with van der Waals surface area (Å²) < 4.78 is 10.7. The third kappa shape index (κ3) is 8.66. The molecule has 0 spiro atoms. The Morgan fingerprint density at radius 3 is 2.31 bits per heavy atom. The van der Waals surface area contributed by atoms with E-state index in [9.17, 15) is 19.5 Å². The average molecular weight is 498 g/mol. The first-order valence-corrected chi connectivity index (χ1v) is 12.2. The van der Waals surface area contributed by atoms with Gasteiger partial charge in [-0.1, -0.05) is 42.5 Å². The zero-order valence-corrected chi connectivity index (χ0v) is 20.8. The van der Waals surface area contributed by atoms with Gasteiger partial charge < -0.3 is 25.2 Å². The lowest BCUT2D eigenvalue weighted by Gasteiger charge is -2.29. The lowest BCUT2D eigenvalue weighted by atomic mass is 10.1. The third-order valence-electron chi connectivity index (χ3n) is 6.12. The molecule has 0 radical (unpaired) electrons. The molecule has 2 aromatic carbocycles. The highest BCUT2D eigenvalue weighted by molar-refractivity contribution is 5.91. The number of benzene rings is 2. The summed E-state index contributed by atoms with van der Waals surface area (Å²) in [5.74, 6) is -0.640. The van der Waals surface area contributed by atoms with Crippen LogP contribution in [-0.2, 0) is 32.1 Å². The van der Waals surface area contributed by atoms with Gasteiger partial charge in [0.15, 0.2) is 0 Å². The quantitative estimate of drug-likeness (QED) is 0.402. The minimum atomic E-state index is -0.933. The number of nitrogens with one attached hydrogen (secondary N) is 2. The van der Waals surface area contributed by atoms with E-state index >= 15 is 0 Å². The number of methoxy groups -OCH3 is 1. The average Bonchev–Trinajstić information content (AvgIpc) is 2.89. The van der Waals surface area contributed by atoms with Crippen molar-refractivity contribution in [2.75, 3.05) is 26.7 Å². The van der Waals surface area contributed by atoms with Crippen LogP contribution in [0.2, 0.25) is 0 Å². The Balaban J connectivity index is 1.59. The number of carbonyl (C=O) groups is 3. The number of nitrogens with zero attached hydrogens (tertiary/aromatic N) is 1. The Hall–Kier alpha value is -3.43. The molecular formula is C27H35N3O6. The van der Waals surface area contributed by atoms with Crippen LogP contribution in [0.5, 0.6) is 5.75 Å². The normalized spacial score (nSPS) is 16.0. The maximum absolute atomic E-state index is 12.9. The van der Waals surface area contributed by atoms with Crippen molar-refractivity contribution in [2.24, 2.45) is 0 Å². The van der Waals surface area contributed by atoms with Crippen LogP contribution in [0.3, 0.4) is 0 Å². The lowest BCUT2D eigenvalue weighted by molar-refractivity contribution is -0.149. The molecule has 3 N–H and O–H groups in total. The summed E-state index contributed by atoms with van der Waals surface area (Å²) in [4.78, 5) is 40.2. The van der Waals surface area contributed by atoms with Gasteiger partial charge in [-0.25, -0.2) is 4.79 Å². The zero-order chi connectivity index (χ0) is 25.9. The number of aliphatic hydroxyl groups excluding tert-OH is 1. The molecule has 3 rings (SSSR count). The second-order valence-corrected chi connectivity index (χ2v) is 9.00. The van der Waals surface area contributed by atoms with Crippen LogP contribution in [0.1, 0.15) is 30.9 Å². The fraction of sp³-hybridized carbons (Fsp3) is 0.444. The fourth-order valence-corrected chi connectivity index (χ4v) is 3.95. The van der Waals surface area contributed by atoms with Crippen LogP contribution in [-0.4, -0.2) is 72.7 Å². The number of piperidine rings is 1. The van der Waals surface area contributed by atoms with Crippen LogP contribution in [0.25, 0.3) is 0 Å².